The second-order valence-corrected chi connectivity index (χ2v) is 2.84. The van der Waals surface area contributed by atoms with Gasteiger partial charge < -0.3 is 0 Å². The van der Waals surface area contributed by atoms with Gasteiger partial charge in [-0.25, -0.2) is 9.25 Å². The van der Waals surface area contributed by atoms with Crippen LogP contribution in [0.2, 0.25) is 0 Å². The molecule has 1 aliphatic rings. The van der Waals surface area contributed by atoms with Gasteiger partial charge in [0.15, 0.2) is 0 Å². The lowest BCUT2D eigenvalue weighted by molar-refractivity contribution is -0.162. The topological polar surface area (TPSA) is 72.9 Å². The number of likely N-dealkylation sites (N-methyl/N-ethyl adjacent to an activating group) is 1. The number of nitrogens with zero attached hydrogens (tertiary/aromatic N) is 1. The highest BCUT2D eigenvalue weighted by Crippen LogP contribution is 2.05. The van der Waals surface area contributed by atoms with Gasteiger partial charge in [-0.05, 0) is 0 Å². The van der Waals surface area contributed by atoms with Gasteiger partial charge >= 0.3 is 10.4 Å². The lowest BCUT2D eigenvalue weighted by atomic mass is 10.7. The molecule has 0 aliphatic carbocycles. The fourth-order valence-corrected chi connectivity index (χ4v) is 1.06. The molecule has 1 saturated heterocycles. The summed E-state index contributed by atoms with van der Waals surface area (Å²) in [5.74, 6) is -0.533. The summed E-state index contributed by atoms with van der Waals surface area (Å²) >= 11 is 0. The maximum atomic E-state index is 10.5. The Kier molecular flexibility index (Phi) is 1.63. The van der Waals surface area contributed by atoms with Crippen LogP contribution >= 0.6 is 0 Å². The molecule has 0 N–H and O–H groups in total. The average Bonchev–Trinajstić information content (AvgIpc) is 1.79. The maximum absolute atomic E-state index is 10.5. The minimum atomic E-state index is -3.96. The van der Waals surface area contributed by atoms with E-state index >= 15 is 0 Å². The number of carbonyl (C=O) groups is 1. The van der Waals surface area contributed by atoms with E-state index in [1.165, 1.54) is 7.05 Å². The van der Waals surface area contributed by atoms with E-state index < -0.39 is 22.9 Å². The summed E-state index contributed by atoms with van der Waals surface area (Å²) in [4.78, 5) is 10.5. The van der Waals surface area contributed by atoms with Crippen LogP contribution in [-0.4, -0.2) is 33.0 Å². The number of hydroxylamine groups is 2. The molecule has 1 aliphatic heterocycles. The Balaban J connectivity index is 2.76. The first kappa shape index (κ1) is 7.45. The standard InChI is InChI=1S/C3H5NO5S/c1-4-3(5)2-8-10(6,7)9-4/h2H2,1H3. The first-order valence-corrected chi connectivity index (χ1v) is 3.70. The Morgan fingerprint density at radius 2 is 2.20 bits per heavy atom. The van der Waals surface area contributed by atoms with Gasteiger partial charge in [-0.1, -0.05) is 0 Å². The minimum Gasteiger partial charge on any atom is -0.270 e. The zero-order valence-corrected chi connectivity index (χ0v) is 5.92. The van der Waals surface area contributed by atoms with Crippen LogP contribution in [0.15, 0.2) is 0 Å². The van der Waals surface area contributed by atoms with Crippen molar-refractivity contribution in [3.63, 3.8) is 0 Å². The van der Waals surface area contributed by atoms with Crippen LogP contribution < -0.4 is 0 Å². The minimum absolute atomic E-state index is 0.487. The van der Waals surface area contributed by atoms with Crippen LogP contribution in [0.5, 0.6) is 0 Å². The van der Waals surface area contributed by atoms with Gasteiger partial charge in [-0.2, -0.15) is 8.42 Å². The number of hydrogen-bond donors (Lipinski definition) is 0. The monoisotopic (exact) mass is 167 g/mol. The van der Waals surface area contributed by atoms with Crippen molar-refractivity contribution >= 4 is 16.3 Å². The van der Waals surface area contributed by atoms with Gasteiger partial charge in [0.05, 0.1) is 0 Å². The Labute approximate surface area is 57.6 Å². The van der Waals surface area contributed by atoms with Gasteiger partial charge in [0, 0.05) is 7.05 Å². The van der Waals surface area contributed by atoms with Gasteiger partial charge in [0.2, 0.25) is 0 Å². The molecule has 0 aromatic rings. The summed E-state index contributed by atoms with van der Waals surface area (Å²) in [6.45, 7) is -0.487. The summed E-state index contributed by atoms with van der Waals surface area (Å²) in [5.41, 5.74) is 0. The summed E-state index contributed by atoms with van der Waals surface area (Å²) in [7, 11) is -2.76. The molecule has 10 heavy (non-hydrogen) atoms. The third-order valence-corrected chi connectivity index (χ3v) is 1.69. The third kappa shape index (κ3) is 1.43. The molecule has 0 saturated carbocycles. The average molecular weight is 167 g/mol. The molecule has 1 rings (SSSR count). The first-order chi connectivity index (χ1) is 4.51. The Morgan fingerprint density at radius 1 is 1.60 bits per heavy atom. The number of hydrogen-bond acceptors (Lipinski definition) is 5. The molecule has 1 fully saturated rings. The van der Waals surface area contributed by atoms with E-state index in [0.29, 0.717) is 5.06 Å². The Morgan fingerprint density at radius 3 is 2.60 bits per heavy atom. The van der Waals surface area contributed by atoms with Crippen molar-refractivity contribution in [3.8, 4) is 0 Å². The summed E-state index contributed by atoms with van der Waals surface area (Å²) in [6.07, 6.45) is 0. The van der Waals surface area contributed by atoms with Crippen LogP contribution in [0, 0.1) is 0 Å². The molecular formula is C3H5NO5S. The van der Waals surface area contributed by atoms with Crippen molar-refractivity contribution in [2.24, 2.45) is 0 Å². The summed E-state index contributed by atoms with van der Waals surface area (Å²) in [5, 5.41) is 0.610. The highest BCUT2D eigenvalue weighted by atomic mass is 32.3. The molecule has 0 spiro atoms. The fourth-order valence-electron chi connectivity index (χ4n) is 0.413. The molecule has 1 heterocycles. The zero-order chi connectivity index (χ0) is 7.78. The van der Waals surface area contributed by atoms with Gasteiger partial charge in [0.1, 0.15) is 6.61 Å². The highest BCUT2D eigenvalue weighted by molar-refractivity contribution is 7.81. The Hall–Kier alpha value is -0.660. The van der Waals surface area contributed by atoms with E-state index in [-0.39, 0.29) is 0 Å². The molecule has 0 atom stereocenters. The number of amides is 1. The molecule has 58 valence electrons. The number of carbonyl (C=O) groups excluding carboxylic acids is 1. The normalized spacial score (nSPS) is 24.9. The fraction of sp³-hybridized carbons (Fsp3) is 0.667. The predicted molar refractivity (Wildman–Crippen MR) is 28.7 cm³/mol. The molecule has 0 aromatic carbocycles. The zero-order valence-electron chi connectivity index (χ0n) is 5.10. The second-order valence-electron chi connectivity index (χ2n) is 1.64. The summed E-state index contributed by atoms with van der Waals surface area (Å²) < 4.78 is 28.8. The van der Waals surface area contributed by atoms with Crippen LogP contribution in [0.3, 0.4) is 0 Å². The van der Waals surface area contributed by atoms with Crippen LogP contribution in [0.25, 0.3) is 0 Å². The number of rotatable bonds is 0. The lowest BCUT2D eigenvalue weighted by Crippen LogP contribution is -2.39. The molecule has 0 bridgehead atoms. The molecule has 6 nitrogen and oxygen atoms in total. The second kappa shape index (κ2) is 2.19. The van der Waals surface area contributed by atoms with Crippen LogP contribution in [0.1, 0.15) is 0 Å². The lowest BCUT2D eigenvalue weighted by Gasteiger charge is -2.19. The van der Waals surface area contributed by atoms with Crippen LogP contribution in [-0.2, 0) is 23.7 Å². The smallest absolute Gasteiger partial charge is 0.270 e. The molecule has 7 heteroatoms. The SMILES string of the molecule is CN1OS(=O)(=O)OCC1=O. The van der Waals surface area contributed by atoms with Gasteiger partial charge in [-0.3, -0.25) is 4.79 Å². The maximum Gasteiger partial charge on any atom is 0.421 e. The Bertz CT molecular complexity index is 244. The quantitative estimate of drug-likeness (QED) is 0.446. The third-order valence-electron chi connectivity index (χ3n) is 0.881. The highest BCUT2D eigenvalue weighted by Gasteiger charge is 2.27. The predicted octanol–water partition coefficient (Wildman–Crippen LogP) is -1.35. The molecule has 0 unspecified atom stereocenters. The molecule has 1 amide bonds. The van der Waals surface area contributed by atoms with Crippen molar-refractivity contribution in [2.75, 3.05) is 13.7 Å². The van der Waals surface area contributed by atoms with Crippen molar-refractivity contribution in [3.05, 3.63) is 0 Å². The van der Waals surface area contributed by atoms with Crippen molar-refractivity contribution in [1.29, 1.82) is 0 Å². The van der Waals surface area contributed by atoms with E-state index in [4.69, 9.17) is 0 Å². The molecular weight excluding hydrogens is 162 g/mol. The van der Waals surface area contributed by atoms with Gasteiger partial charge in [0.25, 0.3) is 5.91 Å². The van der Waals surface area contributed by atoms with E-state index in [9.17, 15) is 13.2 Å². The first-order valence-electron chi connectivity index (χ1n) is 2.37. The van der Waals surface area contributed by atoms with E-state index in [1.54, 1.807) is 0 Å². The van der Waals surface area contributed by atoms with Crippen LogP contribution in [0.4, 0.5) is 0 Å². The van der Waals surface area contributed by atoms with E-state index in [0.717, 1.165) is 0 Å². The molecule has 0 radical (unpaired) electrons. The van der Waals surface area contributed by atoms with Crippen molar-refractivity contribution < 1.29 is 21.7 Å². The van der Waals surface area contributed by atoms with Crippen molar-refractivity contribution in [2.45, 2.75) is 0 Å². The van der Waals surface area contributed by atoms with Gasteiger partial charge in [-0.15, -0.1) is 4.28 Å². The van der Waals surface area contributed by atoms with E-state index in [1.807, 2.05) is 0 Å². The molecule has 0 aromatic heterocycles. The van der Waals surface area contributed by atoms with E-state index in [2.05, 4.69) is 8.47 Å². The summed E-state index contributed by atoms with van der Waals surface area (Å²) in [6, 6.07) is 0. The largest absolute Gasteiger partial charge is 0.421 e. The van der Waals surface area contributed by atoms with Crippen molar-refractivity contribution in [1.82, 2.24) is 5.06 Å².